The lowest BCUT2D eigenvalue weighted by Gasteiger charge is -2.44. The minimum atomic E-state index is -0.590. The molecule has 0 fully saturated rings. The molecule has 0 radical (unpaired) electrons. The maximum absolute atomic E-state index is 15.3. The number of hydrogen-bond acceptors (Lipinski definition) is 2. The first-order valence-corrected chi connectivity index (χ1v) is 27.9. The molecule has 33 aromatic carbocycles. The molecule has 33 aromatic rings. The van der Waals surface area contributed by atoms with Crippen molar-refractivity contribution in [1.82, 2.24) is 0 Å². The van der Waals surface area contributed by atoms with E-state index in [-0.39, 0.29) is 11.9 Å². The van der Waals surface area contributed by atoms with Crippen molar-refractivity contribution in [2.75, 3.05) is 7.11 Å². The maximum atomic E-state index is 15.3. The number of rotatable bonds is 2. The van der Waals surface area contributed by atoms with Crippen LogP contribution in [-0.4, -0.2) is 13.1 Å². The number of esters is 1. The maximum Gasteiger partial charge on any atom is 0.306 e. The molecule has 0 aromatic heterocycles. The van der Waals surface area contributed by atoms with Gasteiger partial charge in [0.05, 0.1) is 13.5 Å². The second kappa shape index (κ2) is 6.01. The highest BCUT2D eigenvalue weighted by molar-refractivity contribution is 6.83. The summed E-state index contributed by atoms with van der Waals surface area (Å²) in [6.07, 6.45) is 0.378. The van der Waals surface area contributed by atoms with Gasteiger partial charge in [0.2, 0.25) is 0 Å². The second-order valence-electron chi connectivity index (χ2n) is 27.7. The molecular formula is C73H6O2. The fraction of sp³-hybridized carbons (Fsp3) is 0.0548. The molecule has 2 nitrogen and oxygen atoms in total. The predicted molar refractivity (Wildman–Crippen MR) is 315 cm³/mol. The van der Waals surface area contributed by atoms with Crippen LogP contribution in [-0.2, 0) is 14.9 Å². The minimum Gasteiger partial charge on any atom is -0.469 e. The van der Waals surface area contributed by atoms with Gasteiger partial charge in [-0.3, -0.25) is 4.79 Å². The van der Waals surface area contributed by atoms with Gasteiger partial charge in [0, 0.05) is 11.3 Å². The van der Waals surface area contributed by atoms with Gasteiger partial charge in [-0.2, -0.15) is 0 Å². The summed E-state index contributed by atoms with van der Waals surface area (Å²) in [4.78, 5) is 15.3. The van der Waals surface area contributed by atoms with Gasteiger partial charge in [0.1, 0.15) is 0 Å². The van der Waals surface area contributed by atoms with Crippen LogP contribution in [0.1, 0.15) is 34.6 Å². The van der Waals surface area contributed by atoms with Gasteiger partial charge in [-0.15, -0.1) is 0 Å². The molecule has 4 aliphatic carbocycles. The number of carbonyl (C=O) groups is 1. The van der Waals surface area contributed by atoms with Crippen LogP contribution in [0, 0.1) is 0 Å². The van der Waals surface area contributed by atoms with E-state index in [4.69, 9.17) is 4.74 Å². The highest BCUT2D eigenvalue weighted by Gasteiger charge is 2.63. The van der Waals surface area contributed by atoms with E-state index in [0.717, 1.165) is 0 Å². The average molecular weight is 915 g/mol. The molecule has 0 bridgehead atoms. The predicted octanol–water partition coefficient (Wildman–Crippen LogP) is 19.7. The van der Waals surface area contributed by atoms with Crippen LogP contribution in [0.15, 0.2) is 0 Å². The third kappa shape index (κ3) is 1.41. The third-order valence-electron chi connectivity index (χ3n) is 27.7. The Morgan fingerprint density at radius 3 is 0.547 bits per heavy atom. The van der Waals surface area contributed by atoms with Crippen molar-refractivity contribution in [3.8, 4) is 0 Å². The molecule has 0 atom stereocenters. The first kappa shape index (κ1) is 27.1. The normalized spacial score (nSPS) is 20.9. The van der Waals surface area contributed by atoms with Crippen molar-refractivity contribution in [2.45, 2.75) is 17.8 Å². The van der Waals surface area contributed by atoms with Crippen LogP contribution in [0.5, 0.6) is 0 Å². The Morgan fingerprint density at radius 1 is 0.240 bits per heavy atom. The zero-order chi connectivity index (χ0) is 44.3. The zero-order valence-electron chi connectivity index (χ0n) is 38.1. The summed E-state index contributed by atoms with van der Waals surface area (Å²) >= 11 is 0. The summed E-state index contributed by atoms with van der Waals surface area (Å²) in [6, 6.07) is 0. The molecule has 0 N–H and O–H groups in total. The Morgan fingerprint density at radius 2 is 0.373 bits per heavy atom. The highest BCUT2D eigenvalue weighted by atomic mass is 16.5. The summed E-state index contributed by atoms with van der Waals surface area (Å²) in [5, 5.41) is 102. The van der Waals surface area contributed by atoms with Gasteiger partial charge in [0.25, 0.3) is 0 Å². The van der Waals surface area contributed by atoms with Crippen molar-refractivity contribution in [3.63, 3.8) is 0 Å². The molecule has 75 heavy (non-hydrogen) atoms. The Balaban J connectivity index is 1.19. The van der Waals surface area contributed by atoms with E-state index in [9.17, 15) is 0 Å². The number of hydrogen-bond donors (Lipinski definition) is 0. The molecule has 37 rings (SSSR count). The largest absolute Gasteiger partial charge is 0.469 e. The molecule has 0 spiro atoms. The molecule has 0 saturated heterocycles. The lowest BCUT2D eigenvalue weighted by molar-refractivity contribution is -0.141. The molecular weight excluding hydrogens is 909 g/mol. The van der Waals surface area contributed by atoms with Crippen LogP contribution < -0.4 is 0 Å². The summed E-state index contributed by atoms with van der Waals surface area (Å²) in [5.41, 5.74) is 5.67. The number of benzene rings is 23. The van der Waals surface area contributed by atoms with Gasteiger partial charge in [-0.05, 0) is 367 Å². The van der Waals surface area contributed by atoms with Gasteiger partial charge in [-0.1, -0.05) is 0 Å². The minimum absolute atomic E-state index is 0.0351. The zero-order valence-corrected chi connectivity index (χ0v) is 38.1. The van der Waals surface area contributed by atoms with E-state index >= 15 is 4.79 Å². The molecule has 0 heterocycles. The van der Waals surface area contributed by atoms with Crippen LogP contribution in [0.25, 0.3) is 345 Å². The fourth-order valence-corrected chi connectivity index (χ4v) is 27.7. The Hall–Kier alpha value is -9.37. The SMILES string of the molecule is COC(=O)CC12c3c4c5c6c7c8c(c9c%10c1c1c3c3c%11c4c4c5c5c7c7c%12c8c8c9c9c%10c%10c1c1c3c3c%11c%11c4c4c5c5c7c7c%12c%12c8c8c9c9c%10c1c1c3c3c%11c%10c4c5c4c7c5c%12c8c7c9c1c1c3c%10c4c5c71)C62. The molecule has 0 aliphatic heterocycles. The molecule has 310 valence electrons. The standard InChI is InChI=1S/C73H6O2/c1-75-3(74)2-73-70-66-60-46-38-26-23-12-8-4-5-7-11-10-6(4)13-17-15(8)24(26)32-30(17)36-34-21(13)19(10)28-29-20(11)22-14(7)18-16(9(5)12)25-27(23)39(38)47-45-33(25)31(18)37-35(22)43-41(29)49-48-40(28)42(34)54-56-50(36)52(44(32)46)62(66)64(56)71(73)68(58(48)54)69-59(49)55(43)57-51(37)53(45)63(65(57)72(69)73)67(70)61(47)60/h70H,2H2,1H3. The van der Waals surface area contributed by atoms with E-state index in [0.29, 0.717) is 6.42 Å². The van der Waals surface area contributed by atoms with Gasteiger partial charge >= 0.3 is 5.97 Å². The lowest BCUT2D eigenvalue weighted by Crippen LogP contribution is -2.39. The third-order valence-corrected chi connectivity index (χ3v) is 27.7. The molecule has 4 aliphatic rings. The fourth-order valence-electron chi connectivity index (χ4n) is 27.7. The monoisotopic (exact) mass is 914 g/mol. The van der Waals surface area contributed by atoms with Crippen LogP contribution >= 0.6 is 0 Å². The summed E-state index contributed by atoms with van der Waals surface area (Å²) in [6.45, 7) is 0. The lowest BCUT2D eigenvalue weighted by atomic mass is 9.56. The van der Waals surface area contributed by atoms with Crippen LogP contribution in [0.4, 0.5) is 0 Å². The van der Waals surface area contributed by atoms with E-state index < -0.39 is 5.41 Å². The van der Waals surface area contributed by atoms with E-state index in [2.05, 4.69) is 0 Å². The van der Waals surface area contributed by atoms with Gasteiger partial charge in [-0.25, -0.2) is 0 Å². The molecule has 0 unspecified atom stereocenters. The smallest absolute Gasteiger partial charge is 0.306 e. The second-order valence-corrected chi connectivity index (χ2v) is 27.7. The van der Waals surface area contributed by atoms with E-state index in [1.807, 2.05) is 0 Å². The first-order valence-electron chi connectivity index (χ1n) is 27.9. The molecule has 0 saturated carbocycles. The Labute approximate surface area is 405 Å². The molecule has 2 heteroatoms. The number of ether oxygens (including phenoxy) is 1. The molecule has 0 amide bonds. The summed E-state index contributed by atoms with van der Waals surface area (Å²) in [5.74, 6) is -0.0182. The highest BCUT2D eigenvalue weighted by Crippen LogP contribution is 2.84. The summed E-state index contributed by atoms with van der Waals surface area (Å²) < 4.78 is 6.13. The number of carbonyl (C=O) groups excluding carboxylic acids is 1. The first-order chi connectivity index (χ1) is 37.3. The summed E-state index contributed by atoms with van der Waals surface area (Å²) in [7, 11) is 1.68. The van der Waals surface area contributed by atoms with Crippen molar-refractivity contribution >= 4 is 351 Å². The van der Waals surface area contributed by atoms with Gasteiger partial charge < -0.3 is 4.74 Å². The topological polar surface area (TPSA) is 26.3 Å². The van der Waals surface area contributed by atoms with Crippen molar-refractivity contribution < 1.29 is 9.53 Å². The van der Waals surface area contributed by atoms with Crippen LogP contribution in [0.2, 0.25) is 0 Å². The van der Waals surface area contributed by atoms with Crippen molar-refractivity contribution in [2.24, 2.45) is 0 Å². The average Bonchev–Trinajstić information content (AvgIpc) is 4.45. The Bertz CT molecular complexity index is 8170. The van der Waals surface area contributed by atoms with E-state index in [1.54, 1.807) is 341 Å². The van der Waals surface area contributed by atoms with Crippen molar-refractivity contribution in [3.05, 3.63) is 22.3 Å². The quantitative estimate of drug-likeness (QED) is 0.0981. The van der Waals surface area contributed by atoms with Crippen molar-refractivity contribution in [1.29, 1.82) is 0 Å². The van der Waals surface area contributed by atoms with Crippen LogP contribution in [0.3, 0.4) is 0 Å². The number of methoxy groups -OCH3 is 1. The van der Waals surface area contributed by atoms with Gasteiger partial charge in [0.15, 0.2) is 0 Å². The Kier molecular flexibility index (Phi) is 2.17. The van der Waals surface area contributed by atoms with E-state index in [1.165, 1.54) is 32.7 Å².